The maximum atomic E-state index is 11.8. The quantitative estimate of drug-likeness (QED) is 0.724. The Morgan fingerprint density at radius 3 is 2.29 bits per heavy atom. The summed E-state index contributed by atoms with van der Waals surface area (Å²) < 4.78 is 0. The van der Waals surface area contributed by atoms with Crippen molar-refractivity contribution in [1.82, 2.24) is 10.2 Å². The van der Waals surface area contributed by atoms with Crippen molar-refractivity contribution < 1.29 is 15.0 Å². The first-order valence-corrected chi connectivity index (χ1v) is 5.37. The fourth-order valence-electron chi connectivity index (χ4n) is 1.63. The van der Waals surface area contributed by atoms with Gasteiger partial charge in [-0.3, -0.25) is 4.79 Å². The Hall–Kier alpha value is -1.75. The third-order valence-electron chi connectivity index (χ3n) is 2.18. The molecule has 0 aliphatic rings. The monoisotopic (exact) mass is 238 g/mol. The highest BCUT2D eigenvalue weighted by molar-refractivity contribution is 5.95. The number of carbonyl (C=O) groups is 1. The van der Waals surface area contributed by atoms with Gasteiger partial charge >= 0.3 is 0 Å². The second-order valence-electron chi connectivity index (χ2n) is 4.37. The molecule has 1 aromatic carbocycles. The number of hydrogen-bond donors (Lipinski definition) is 3. The molecule has 0 bridgehead atoms. The van der Waals surface area contributed by atoms with Gasteiger partial charge in [0.2, 0.25) is 0 Å². The molecule has 1 amide bonds. The summed E-state index contributed by atoms with van der Waals surface area (Å²) >= 11 is 0. The second kappa shape index (κ2) is 5.54. The molecule has 3 N–H and O–H groups in total. The van der Waals surface area contributed by atoms with Crippen LogP contribution < -0.4 is 5.32 Å². The van der Waals surface area contributed by atoms with Crippen LogP contribution in [-0.4, -0.2) is 47.7 Å². The van der Waals surface area contributed by atoms with Gasteiger partial charge in [-0.2, -0.15) is 0 Å². The van der Waals surface area contributed by atoms with E-state index in [1.807, 2.05) is 25.9 Å². The minimum absolute atomic E-state index is 0.0120. The molecule has 5 heteroatoms. The lowest BCUT2D eigenvalue weighted by atomic mass is 10.1. The molecule has 0 radical (unpaired) electrons. The average Bonchev–Trinajstić information content (AvgIpc) is 2.14. The minimum atomic E-state index is -0.314. The third-order valence-corrected chi connectivity index (χ3v) is 2.18. The van der Waals surface area contributed by atoms with Crippen LogP contribution in [0.5, 0.6) is 11.5 Å². The molecule has 1 rings (SSSR count). The van der Waals surface area contributed by atoms with Crippen molar-refractivity contribution in [3.8, 4) is 11.5 Å². The van der Waals surface area contributed by atoms with Gasteiger partial charge in [0.05, 0.1) is 0 Å². The SMILES string of the molecule is CC(CN(C)C)NC(=O)c1cc(O)cc(O)c1. The number of nitrogens with zero attached hydrogens (tertiary/aromatic N) is 1. The van der Waals surface area contributed by atoms with Crippen molar-refractivity contribution in [1.29, 1.82) is 0 Å². The molecule has 1 aromatic rings. The first-order chi connectivity index (χ1) is 7.88. The number of amides is 1. The molecule has 0 fully saturated rings. The van der Waals surface area contributed by atoms with Gasteiger partial charge in [0.15, 0.2) is 0 Å². The van der Waals surface area contributed by atoms with Crippen molar-refractivity contribution in [3.05, 3.63) is 23.8 Å². The molecule has 0 aliphatic carbocycles. The fraction of sp³-hybridized carbons (Fsp3) is 0.417. The van der Waals surface area contributed by atoms with E-state index in [2.05, 4.69) is 5.32 Å². The summed E-state index contributed by atoms with van der Waals surface area (Å²) in [4.78, 5) is 13.8. The van der Waals surface area contributed by atoms with Crippen molar-refractivity contribution in [2.75, 3.05) is 20.6 Å². The molecule has 0 aromatic heterocycles. The largest absolute Gasteiger partial charge is 0.508 e. The summed E-state index contributed by atoms with van der Waals surface area (Å²) in [5.41, 5.74) is 0.244. The molecule has 1 atom stereocenters. The first-order valence-electron chi connectivity index (χ1n) is 5.37. The van der Waals surface area contributed by atoms with Gasteiger partial charge in [-0.25, -0.2) is 0 Å². The zero-order valence-corrected chi connectivity index (χ0v) is 10.3. The van der Waals surface area contributed by atoms with E-state index in [-0.39, 0.29) is 29.0 Å². The van der Waals surface area contributed by atoms with Gasteiger partial charge in [0, 0.05) is 24.2 Å². The Balaban J connectivity index is 2.69. The van der Waals surface area contributed by atoms with Gasteiger partial charge < -0.3 is 20.4 Å². The maximum absolute atomic E-state index is 11.8. The minimum Gasteiger partial charge on any atom is -0.508 e. The number of nitrogens with one attached hydrogen (secondary N) is 1. The fourth-order valence-corrected chi connectivity index (χ4v) is 1.63. The Bertz CT molecular complexity index is 384. The molecule has 17 heavy (non-hydrogen) atoms. The highest BCUT2D eigenvalue weighted by Crippen LogP contribution is 2.20. The lowest BCUT2D eigenvalue weighted by Crippen LogP contribution is -2.39. The average molecular weight is 238 g/mol. The first kappa shape index (κ1) is 13.3. The van der Waals surface area contributed by atoms with Crippen LogP contribution in [0.1, 0.15) is 17.3 Å². The zero-order chi connectivity index (χ0) is 13.0. The number of phenols is 2. The Labute approximate surface area is 101 Å². The highest BCUT2D eigenvalue weighted by Gasteiger charge is 2.12. The van der Waals surface area contributed by atoms with Crippen molar-refractivity contribution in [3.63, 3.8) is 0 Å². The standard InChI is InChI=1S/C12H18N2O3/c1-8(7-14(2)3)13-12(17)9-4-10(15)6-11(16)5-9/h4-6,8,15-16H,7H2,1-3H3,(H,13,17). The van der Waals surface area contributed by atoms with Gasteiger partial charge in [0.1, 0.15) is 11.5 Å². The van der Waals surface area contributed by atoms with Gasteiger partial charge in [-0.05, 0) is 33.2 Å². The number of carbonyl (C=O) groups excluding carboxylic acids is 1. The Morgan fingerprint density at radius 1 is 1.29 bits per heavy atom. The number of hydrogen-bond acceptors (Lipinski definition) is 4. The van der Waals surface area contributed by atoms with E-state index in [4.69, 9.17) is 0 Å². The smallest absolute Gasteiger partial charge is 0.251 e. The van der Waals surface area contributed by atoms with E-state index < -0.39 is 0 Å². The molecular formula is C12H18N2O3. The van der Waals surface area contributed by atoms with Crippen LogP contribution in [0.2, 0.25) is 0 Å². The number of rotatable bonds is 4. The van der Waals surface area contributed by atoms with E-state index >= 15 is 0 Å². The Kier molecular flexibility index (Phi) is 4.34. The van der Waals surface area contributed by atoms with E-state index in [0.29, 0.717) is 0 Å². The molecule has 0 spiro atoms. The molecule has 94 valence electrons. The molecule has 0 saturated heterocycles. The molecule has 0 saturated carbocycles. The van der Waals surface area contributed by atoms with Crippen LogP contribution in [0.3, 0.4) is 0 Å². The number of benzene rings is 1. The van der Waals surface area contributed by atoms with E-state index in [1.54, 1.807) is 0 Å². The molecule has 0 aliphatic heterocycles. The number of likely N-dealkylation sites (N-methyl/N-ethyl adjacent to an activating group) is 1. The van der Waals surface area contributed by atoms with Crippen molar-refractivity contribution in [2.24, 2.45) is 0 Å². The van der Waals surface area contributed by atoms with Crippen LogP contribution in [0, 0.1) is 0 Å². The van der Waals surface area contributed by atoms with Crippen molar-refractivity contribution in [2.45, 2.75) is 13.0 Å². The summed E-state index contributed by atoms with van der Waals surface area (Å²) in [6.45, 7) is 2.61. The molecule has 5 nitrogen and oxygen atoms in total. The van der Waals surface area contributed by atoms with Crippen LogP contribution in [0.4, 0.5) is 0 Å². The van der Waals surface area contributed by atoms with Crippen LogP contribution in [0.15, 0.2) is 18.2 Å². The lowest BCUT2D eigenvalue weighted by molar-refractivity contribution is 0.0933. The topological polar surface area (TPSA) is 72.8 Å². The van der Waals surface area contributed by atoms with E-state index in [1.165, 1.54) is 18.2 Å². The second-order valence-corrected chi connectivity index (χ2v) is 4.37. The maximum Gasteiger partial charge on any atom is 0.251 e. The predicted molar refractivity (Wildman–Crippen MR) is 65.3 cm³/mol. The molecular weight excluding hydrogens is 220 g/mol. The summed E-state index contributed by atoms with van der Waals surface area (Å²) in [7, 11) is 3.84. The van der Waals surface area contributed by atoms with E-state index in [0.717, 1.165) is 6.54 Å². The summed E-state index contributed by atoms with van der Waals surface area (Å²) in [5.74, 6) is -0.573. The van der Waals surface area contributed by atoms with Crippen molar-refractivity contribution >= 4 is 5.91 Å². The number of aromatic hydroxyl groups is 2. The molecule has 0 heterocycles. The summed E-state index contributed by atoms with van der Waals surface area (Å²) in [5, 5.41) is 21.3. The number of phenolic OH excluding ortho intramolecular Hbond substituents is 2. The summed E-state index contributed by atoms with van der Waals surface area (Å²) in [6, 6.07) is 3.80. The van der Waals surface area contributed by atoms with Gasteiger partial charge in [-0.1, -0.05) is 0 Å². The lowest BCUT2D eigenvalue weighted by Gasteiger charge is -2.18. The highest BCUT2D eigenvalue weighted by atomic mass is 16.3. The van der Waals surface area contributed by atoms with E-state index in [9.17, 15) is 15.0 Å². The predicted octanol–water partition coefficient (Wildman–Crippen LogP) is 0.778. The molecule has 1 unspecified atom stereocenters. The normalized spacial score (nSPS) is 12.5. The summed E-state index contributed by atoms with van der Waals surface area (Å²) in [6.07, 6.45) is 0. The van der Waals surface area contributed by atoms with Crippen LogP contribution >= 0.6 is 0 Å². The van der Waals surface area contributed by atoms with Gasteiger partial charge in [0.25, 0.3) is 5.91 Å². The van der Waals surface area contributed by atoms with Gasteiger partial charge in [-0.15, -0.1) is 0 Å². The third kappa shape index (κ3) is 4.32. The van der Waals surface area contributed by atoms with Crippen LogP contribution in [-0.2, 0) is 0 Å². The van der Waals surface area contributed by atoms with Crippen LogP contribution in [0.25, 0.3) is 0 Å². The zero-order valence-electron chi connectivity index (χ0n) is 10.3. The Morgan fingerprint density at radius 2 is 1.82 bits per heavy atom.